The number of esters is 1. The standard InChI is InChI=1S/C18H15Cl2N3O2/c1-25-18(24)16-10-14(8-11-2-5-13(21)6-3-11)23(22-16)17-7-4-12(19)9-15(17)20/h2-7,9-10H,8,21H2,1H3. The third kappa shape index (κ3) is 3.78. The zero-order valence-corrected chi connectivity index (χ0v) is 14.9. The lowest BCUT2D eigenvalue weighted by molar-refractivity contribution is 0.0593. The van der Waals surface area contributed by atoms with Crippen molar-refractivity contribution in [3.05, 3.63) is 75.5 Å². The van der Waals surface area contributed by atoms with Crippen LogP contribution in [0.2, 0.25) is 10.0 Å². The second-order valence-corrected chi connectivity index (χ2v) is 6.28. The molecule has 0 aliphatic heterocycles. The molecular formula is C18H15Cl2N3O2. The largest absolute Gasteiger partial charge is 0.464 e. The number of nitrogens with zero attached hydrogens (tertiary/aromatic N) is 2. The van der Waals surface area contributed by atoms with Crippen molar-refractivity contribution in [3.8, 4) is 5.69 Å². The number of carbonyl (C=O) groups excluding carboxylic acids is 1. The van der Waals surface area contributed by atoms with Crippen LogP contribution in [0.5, 0.6) is 0 Å². The fourth-order valence-corrected chi connectivity index (χ4v) is 2.94. The van der Waals surface area contributed by atoms with Gasteiger partial charge in [0.2, 0.25) is 0 Å². The minimum Gasteiger partial charge on any atom is -0.464 e. The van der Waals surface area contributed by atoms with Gasteiger partial charge in [0.15, 0.2) is 5.69 Å². The molecule has 2 aromatic carbocycles. The van der Waals surface area contributed by atoms with Gasteiger partial charge in [0, 0.05) is 22.8 Å². The first-order valence-electron chi connectivity index (χ1n) is 7.45. The van der Waals surface area contributed by atoms with Crippen LogP contribution in [0.15, 0.2) is 48.5 Å². The molecule has 5 nitrogen and oxygen atoms in total. The number of halogens is 2. The predicted octanol–water partition coefficient (Wildman–Crippen LogP) is 4.14. The minimum atomic E-state index is -0.512. The number of carbonyl (C=O) groups is 1. The highest BCUT2D eigenvalue weighted by molar-refractivity contribution is 6.35. The average molecular weight is 376 g/mol. The third-order valence-electron chi connectivity index (χ3n) is 3.68. The van der Waals surface area contributed by atoms with Gasteiger partial charge in [-0.2, -0.15) is 5.10 Å². The number of methoxy groups -OCH3 is 1. The molecule has 0 fully saturated rings. The number of benzene rings is 2. The Balaban J connectivity index is 2.07. The van der Waals surface area contributed by atoms with E-state index >= 15 is 0 Å². The molecule has 0 atom stereocenters. The molecule has 0 aliphatic carbocycles. The van der Waals surface area contributed by atoms with E-state index in [4.69, 9.17) is 33.7 Å². The summed E-state index contributed by atoms with van der Waals surface area (Å²) in [6.45, 7) is 0. The number of anilines is 1. The normalized spacial score (nSPS) is 10.7. The Morgan fingerprint density at radius 2 is 1.88 bits per heavy atom. The third-order valence-corrected chi connectivity index (χ3v) is 4.22. The molecule has 1 heterocycles. The molecule has 25 heavy (non-hydrogen) atoms. The quantitative estimate of drug-likeness (QED) is 0.549. The van der Waals surface area contributed by atoms with Crippen LogP contribution in [0.1, 0.15) is 21.7 Å². The molecule has 0 amide bonds. The number of aromatic nitrogens is 2. The van der Waals surface area contributed by atoms with Crippen LogP contribution in [-0.4, -0.2) is 22.9 Å². The Bertz CT molecular complexity index is 921. The maximum absolute atomic E-state index is 11.9. The Kier molecular flexibility index (Phi) is 4.97. The van der Waals surface area contributed by atoms with Crippen molar-refractivity contribution in [2.75, 3.05) is 12.8 Å². The molecule has 1 aromatic heterocycles. The highest BCUT2D eigenvalue weighted by Gasteiger charge is 2.17. The fraction of sp³-hybridized carbons (Fsp3) is 0.111. The Hall–Kier alpha value is -2.50. The molecule has 0 saturated heterocycles. The number of hydrogen-bond donors (Lipinski definition) is 1. The fourth-order valence-electron chi connectivity index (χ4n) is 2.46. The summed E-state index contributed by atoms with van der Waals surface area (Å²) in [6, 6.07) is 14.3. The summed E-state index contributed by atoms with van der Waals surface area (Å²) in [5.41, 5.74) is 9.07. The first-order valence-corrected chi connectivity index (χ1v) is 8.20. The molecule has 7 heteroatoms. The summed E-state index contributed by atoms with van der Waals surface area (Å²) in [5, 5.41) is 5.30. The lowest BCUT2D eigenvalue weighted by Crippen LogP contribution is -2.06. The van der Waals surface area contributed by atoms with Crippen molar-refractivity contribution in [2.45, 2.75) is 6.42 Å². The molecule has 3 aromatic rings. The SMILES string of the molecule is COC(=O)c1cc(Cc2ccc(N)cc2)n(-c2ccc(Cl)cc2Cl)n1. The van der Waals surface area contributed by atoms with Gasteiger partial charge in [-0.25, -0.2) is 9.48 Å². The smallest absolute Gasteiger partial charge is 0.358 e. The Morgan fingerprint density at radius 1 is 1.16 bits per heavy atom. The Labute approximate surface area is 154 Å². The zero-order chi connectivity index (χ0) is 18.0. The van der Waals surface area contributed by atoms with Crippen LogP contribution in [0, 0.1) is 0 Å². The average Bonchev–Trinajstić information content (AvgIpc) is 3.00. The topological polar surface area (TPSA) is 70.1 Å². The van der Waals surface area contributed by atoms with E-state index in [2.05, 4.69) is 5.10 Å². The number of nitrogens with two attached hydrogens (primary N) is 1. The van der Waals surface area contributed by atoms with Crippen LogP contribution in [-0.2, 0) is 11.2 Å². The number of rotatable bonds is 4. The maximum Gasteiger partial charge on any atom is 0.358 e. The van der Waals surface area contributed by atoms with Crippen molar-refractivity contribution < 1.29 is 9.53 Å². The zero-order valence-electron chi connectivity index (χ0n) is 13.4. The van der Waals surface area contributed by atoms with Gasteiger partial charge in [0.05, 0.1) is 17.8 Å². The minimum absolute atomic E-state index is 0.207. The molecule has 128 valence electrons. The van der Waals surface area contributed by atoms with E-state index in [1.54, 1.807) is 28.9 Å². The van der Waals surface area contributed by atoms with Crippen molar-refractivity contribution >= 4 is 34.9 Å². The number of hydrogen-bond acceptors (Lipinski definition) is 4. The van der Waals surface area contributed by atoms with Crippen molar-refractivity contribution in [1.82, 2.24) is 9.78 Å². The summed E-state index contributed by atoms with van der Waals surface area (Å²) in [4.78, 5) is 11.9. The van der Waals surface area contributed by atoms with E-state index in [0.717, 1.165) is 11.3 Å². The van der Waals surface area contributed by atoms with Crippen LogP contribution in [0.25, 0.3) is 5.69 Å². The molecular weight excluding hydrogens is 361 g/mol. The van der Waals surface area contributed by atoms with E-state index in [-0.39, 0.29) is 5.69 Å². The van der Waals surface area contributed by atoms with Crippen molar-refractivity contribution in [2.24, 2.45) is 0 Å². The summed E-state index contributed by atoms with van der Waals surface area (Å²) < 4.78 is 6.40. The predicted molar refractivity (Wildman–Crippen MR) is 98.6 cm³/mol. The molecule has 0 aliphatic rings. The van der Waals surface area contributed by atoms with Gasteiger partial charge >= 0.3 is 5.97 Å². The first-order chi connectivity index (χ1) is 12.0. The van der Waals surface area contributed by atoms with Crippen molar-refractivity contribution in [1.29, 1.82) is 0 Å². The molecule has 3 rings (SSSR count). The summed E-state index contributed by atoms with van der Waals surface area (Å²) in [6.07, 6.45) is 0.545. The van der Waals surface area contributed by atoms with Gasteiger partial charge in [0.25, 0.3) is 0 Å². The number of nitrogen functional groups attached to an aromatic ring is 1. The van der Waals surface area contributed by atoms with Crippen LogP contribution >= 0.6 is 23.2 Å². The first kappa shape index (κ1) is 17.3. The van der Waals surface area contributed by atoms with Gasteiger partial charge in [-0.15, -0.1) is 0 Å². The summed E-state index contributed by atoms with van der Waals surface area (Å²) in [5.74, 6) is -0.512. The monoisotopic (exact) mass is 375 g/mol. The van der Waals surface area contributed by atoms with Crippen LogP contribution in [0.3, 0.4) is 0 Å². The Morgan fingerprint density at radius 3 is 2.52 bits per heavy atom. The van der Waals surface area contributed by atoms with Gasteiger partial charge in [-0.05, 0) is 42.0 Å². The second-order valence-electron chi connectivity index (χ2n) is 5.44. The van der Waals surface area contributed by atoms with Crippen LogP contribution in [0.4, 0.5) is 5.69 Å². The van der Waals surface area contributed by atoms with E-state index in [1.807, 2.05) is 24.3 Å². The van der Waals surface area contributed by atoms with Gasteiger partial charge in [-0.1, -0.05) is 35.3 Å². The molecule has 0 spiro atoms. The molecule has 0 unspecified atom stereocenters. The van der Waals surface area contributed by atoms with Crippen LogP contribution < -0.4 is 5.73 Å². The number of ether oxygens (including phenoxy) is 1. The molecule has 2 N–H and O–H groups in total. The van der Waals surface area contributed by atoms with Crippen molar-refractivity contribution in [3.63, 3.8) is 0 Å². The highest BCUT2D eigenvalue weighted by Crippen LogP contribution is 2.26. The highest BCUT2D eigenvalue weighted by atomic mass is 35.5. The van der Waals surface area contributed by atoms with Gasteiger partial charge in [0.1, 0.15) is 0 Å². The second kappa shape index (κ2) is 7.17. The summed E-state index contributed by atoms with van der Waals surface area (Å²) >= 11 is 12.3. The van der Waals surface area contributed by atoms with Gasteiger partial charge < -0.3 is 10.5 Å². The summed E-state index contributed by atoms with van der Waals surface area (Å²) in [7, 11) is 1.32. The molecule has 0 radical (unpaired) electrons. The van der Waals surface area contributed by atoms with Gasteiger partial charge in [-0.3, -0.25) is 0 Å². The molecule has 0 bridgehead atoms. The maximum atomic E-state index is 11.9. The van der Waals surface area contributed by atoms with E-state index in [0.29, 0.717) is 27.8 Å². The lowest BCUT2D eigenvalue weighted by atomic mass is 10.1. The van der Waals surface area contributed by atoms with E-state index in [9.17, 15) is 4.79 Å². The molecule has 0 saturated carbocycles. The van der Waals surface area contributed by atoms with E-state index in [1.165, 1.54) is 7.11 Å². The lowest BCUT2D eigenvalue weighted by Gasteiger charge is -2.10. The van der Waals surface area contributed by atoms with E-state index < -0.39 is 5.97 Å².